The molecule has 0 radical (unpaired) electrons. The molecule has 1 atom stereocenters. The molecule has 1 N–H and O–H groups in total. The molecule has 20 heavy (non-hydrogen) atoms. The minimum atomic E-state index is -0.621. The Balaban J connectivity index is 2.22. The van der Waals surface area contributed by atoms with Gasteiger partial charge in [-0.2, -0.15) is 9.49 Å². The first-order chi connectivity index (χ1) is 9.54. The molecule has 0 bridgehead atoms. The molecule has 2 aromatic rings. The Labute approximate surface area is 116 Å². The number of hydrogen-bond acceptors (Lipinski definition) is 3. The van der Waals surface area contributed by atoms with Crippen LogP contribution in [0.4, 0.5) is 4.39 Å². The highest BCUT2D eigenvalue weighted by Crippen LogP contribution is 2.18. The second-order valence-corrected chi connectivity index (χ2v) is 4.59. The number of halogens is 1. The van der Waals surface area contributed by atoms with Crippen molar-refractivity contribution in [2.45, 2.75) is 26.3 Å². The van der Waals surface area contributed by atoms with Gasteiger partial charge in [-0.05, 0) is 31.0 Å². The minimum Gasteiger partial charge on any atom is -0.345 e. The van der Waals surface area contributed by atoms with E-state index < -0.39 is 11.9 Å². The molecule has 2 aromatic heterocycles. The average molecular weight is 276 g/mol. The molecule has 2 rings (SSSR count). The van der Waals surface area contributed by atoms with Crippen LogP contribution >= 0.6 is 0 Å². The molecular formula is C14H17FN4O. The normalized spacial score (nSPS) is 12.2. The predicted octanol–water partition coefficient (Wildman–Crippen LogP) is 2.14. The zero-order valence-electron chi connectivity index (χ0n) is 11.7. The quantitative estimate of drug-likeness (QED) is 0.930. The van der Waals surface area contributed by atoms with Gasteiger partial charge in [0.1, 0.15) is 5.56 Å². The van der Waals surface area contributed by atoms with E-state index in [0.717, 1.165) is 10.2 Å². The van der Waals surface area contributed by atoms with Crippen molar-refractivity contribution in [2.24, 2.45) is 7.05 Å². The number of carbonyl (C=O) groups is 1. The van der Waals surface area contributed by atoms with E-state index in [2.05, 4.69) is 15.4 Å². The zero-order chi connectivity index (χ0) is 14.7. The SMILES string of the molecule is CCC(NC(=O)c1c(C)nn(C)c1F)c1ccncc1. The van der Waals surface area contributed by atoms with Gasteiger partial charge in [-0.15, -0.1) is 0 Å². The molecule has 0 saturated carbocycles. The molecule has 5 nitrogen and oxygen atoms in total. The summed E-state index contributed by atoms with van der Waals surface area (Å²) in [6.07, 6.45) is 4.04. The third kappa shape index (κ3) is 2.68. The summed E-state index contributed by atoms with van der Waals surface area (Å²) in [5, 5.41) is 6.74. The Morgan fingerprint density at radius 1 is 1.45 bits per heavy atom. The summed E-state index contributed by atoms with van der Waals surface area (Å²) in [4.78, 5) is 16.2. The molecule has 106 valence electrons. The first kappa shape index (κ1) is 14.2. The molecule has 0 aliphatic heterocycles. The van der Waals surface area contributed by atoms with Gasteiger partial charge in [0.25, 0.3) is 5.91 Å². The van der Waals surface area contributed by atoms with Crippen LogP contribution in [0.15, 0.2) is 24.5 Å². The Morgan fingerprint density at radius 3 is 2.60 bits per heavy atom. The van der Waals surface area contributed by atoms with E-state index in [1.807, 2.05) is 19.1 Å². The van der Waals surface area contributed by atoms with Crippen LogP contribution in [0.1, 0.15) is 41.0 Å². The third-order valence-corrected chi connectivity index (χ3v) is 3.20. The average Bonchev–Trinajstić information content (AvgIpc) is 2.70. The Hall–Kier alpha value is -2.24. The van der Waals surface area contributed by atoms with Crippen molar-refractivity contribution in [1.29, 1.82) is 0 Å². The van der Waals surface area contributed by atoms with Gasteiger partial charge >= 0.3 is 0 Å². The summed E-state index contributed by atoms with van der Waals surface area (Å²) >= 11 is 0. The van der Waals surface area contributed by atoms with Crippen LogP contribution in [0, 0.1) is 12.9 Å². The fourth-order valence-corrected chi connectivity index (χ4v) is 2.14. The summed E-state index contributed by atoms with van der Waals surface area (Å²) in [6, 6.07) is 3.49. The lowest BCUT2D eigenvalue weighted by Gasteiger charge is -2.17. The van der Waals surface area contributed by atoms with Crippen LogP contribution in [0.3, 0.4) is 0 Å². The number of amides is 1. The molecule has 2 heterocycles. The first-order valence-corrected chi connectivity index (χ1v) is 6.44. The second-order valence-electron chi connectivity index (χ2n) is 4.59. The molecule has 0 saturated heterocycles. The smallest absolute Gasteiger partial charge is 0.258 e. The maximum atomic E-state index is 13.9. The summed E-state index contributed by atoms with van der Waals surface area (Å²) in [7, 11) is 1.47. The monoisotopic (exact) mass is 276 g/mol. The summed E-state index contributed by atoms with van der Waals surface area (Å²) in [5.41, 5.74) is 1.32. The van der Waals surface area contributed by atoms with Crippen LogP contribution in [-0.4, -0.2) is 20.7 Å². The van der Waals surface area contributed by atoms with Crippen LogP contribution < -0.4 is 5.32 Å². The number of nitrogens with one attached hydrogen (secondary N) is 1. The number of rotatable bonds is 4. The molecule has 0 fully saturated rings. The Morgan fingerprint density at radius 2 is 2.10 bits per heavy atom. The van der Waals surface area contributed by atoms with E-state index >= 15 is 0 Å². The van der Waals surface area contributed by atoms with E-state index in [4.69, 9.17) is 0 Å². The number of hydrogen-bond donors (Lipinski definition) is 1. The number of carbonyl (C=O) groups excluding carboxylic acids is 1. The van der Waals surface area contributed by atoms with E-state index in [0.29, 0.717) is 12.1 Å². The molecule has 0 aromatic carbocycles. The van der Waals surface area contributed by atoms with E-state index in [-0.39, 0.29) is 11.6 Å². The number of nitrogens with zero attached hydrogens (tertiary/aromatic N) is 3. The maximum Gasteiger partial charge on any atom is 0.258 e. The lowest BCUT2D eigenvalue weighted by Crippen LogP contribution is -2.29. The summed E-state index contributed by atoms with van der Waals surface area (Å²) < 4.78 is 14.9. The molecular weight excluding hydrogens is 259 g/mol. The van der Waals surface area contributed by atoms with Crippen molar-refractivity contribution >= 4 is 5.91 Å². The number of aryl methyl sites for hydroxylation is 2. The highest BCUT2D eigenvalue weighted by Gasteiger charge is 2.22. The summed E-state index contributed by atoms with van der Waals surface area (Å²) in [5.74, 6) is -1.07. The third-order valence-electron chi connectivity index (χ3n) is 3.20. The Kier molecular flexibility index (Phi) is 4.12. The molecule has 6 heteroatoms. The second kappa shape index (κ2) is 5.81. The van der Waals surface area contributed by atoms with E-state index in [1.54, 1.807) is 19.3 Å². The molecule has 0 aliphatic carbocycles. The van der Waals surface area contributed by atoms with Crippen molar-refractivity contribution < 1.29 is 9.18 Å². The van der Waals surface area contributed by atoms with E-state index in [9.17, 15) is 9.18 Å². The van der Waals surface area contributed by atoms with Crippen molar-refractivity contribution in [3.63, 3.8) is 0 Å². The lowest BCUT2D eigenvalue weighted by atomic mass is 10.1. The van der Waals surface area contributed by atoms with E-state index in [1.165, 1.54) is 7.05 Å². The van der Waals surface area contributed by atoms with Gasteiger partial charge in [0.2, 0.25) is 5.95 Å². The Bertz CT molecular complexity index is 609. The van der Waals surface area contributed by atoms with Gasteiger partial charge < -0.3 is 5.32 Å². The highest BCUT2D eigenvalue weighted by atomic mass is 19.1. The van der Waals surface area contributed by atoms with Crippen LogP contribution in [0.25, 0.3) is 0 Å². The molecule has 1 unspecified atom stereocenters. The van der Waals surface area contributed by atoms with Crippen LogP contribution in [0.2, 0.25) is 0 Å². The van der Waals surface area contributed by atoms with Gasteiger partial charge in [-0.1, -0.05) is 6.92 Å². The number of aromatic nitrogens is 3. The lowest BCUT2D eigenvalue weighted by molar-refractivity contribution is 0.0930. The van der Waals surface area contributed by atoms with Crippen molar-refractivity contribution in [3.05, 3.63) is 47.3 Å². The van der Waals surface area contributed by atoms with Gasteiger partial charge in [0, 0.05) is 19.4 Å². The maximum absolute atomic E-state index is 13.9. The fourth-order valence-electron chi connectivity index (χ4n) is 2.14. The van der Waals surface area contributed by atoms with Crippen LogP contribution in [0.5, 0.6) is 0 Å². The van der Waals surface area contributed by atoms with Crippen molar-refractivity contribution in [1.82, 2.24) is 20.1 Å². The van der Waals surface area contributed by atoms with Crippen molar-refractivity contribution in [2.75, 3.05) is 0 Å². The molecule has 0 aliphatic rings. The molecule has 1 amide bonds. The standard InChI is InChI=1S/C14H17FN4O/c1-4-11(10-5-7-16-8-6-10)17-14(20)12-9(2)18-19(3)13(12)15/h5-8,11H,4H2,1-3H3,(H,17,20). The van der Waals surface area contributed by atoms with Crippen LogP contribution in [-0.2, 0) is 7.05 Å². The van der Waals surface area contributed by atoms with Crippen molar-refractivity contribution in [3.8, 4) is 0 Å². The zero-order valence-corrected chi connectivity index (χ0v) is 11.7. The van der Waals surface area contributed by atoms with Gasteiger partial charge in [0.05, 0.1) is 11.7 Å². The first-order valence-electron chi connectivity index (χ1n) is 6.44. The number of pyridine rings is 1. The minimum absolute atomic E-state index is 0.00000567. The molecule has 0 spiro atoms. The predicted molar refractivity (Wildman–Crippen MR) is 72.6 cm³/mol. The highest BCUT2D eigenvalue weighted by molar-refractivity contribution is 5.95. The fraction of sp³-hybridized carbons (Fsp3) is 0.357. The van der Waals surface area contributed by atoms with Gasteiger partial charge in [0.15, 0.2) is 0 Å². The summed E-state index contributed by atoms with van der Waals surface area (Å²) in [6.45, 7) is 3.57. The topological polar surface area (TPSA) is 59.8 Å². The van der Waals surface area contributed by atoms with Gasteiger partial charge in [-0.25, -0.2) is 4.68 Å². The van der Waals surface area contributed by atoms with Gasteiger partial charge in [-0.3, -0.25) is 9.78 Å². The largest absolute Gasteiger partial charge is 0.345 e.